The average Bonchev–Trinajstić information content (AvgIpc) is 3.22. The molecule has 6 nitrogen and oxygen atoms in total. The maximum Gasteiger partial charge on any atom is 0.325 e. The fourth-order valence-electron chi connectivity index (χ4n) is 3.94. The lowest BCUT2D eigenvalue weighted by molar-refractivity contribution is -0.138. The van der Waals surface area contributed by atoms with Crippen LogP contribution in [0.15, 0.2) is 24.3 Å². The largest absolute Gasteiger partial charge is 0.491 e. The van der Waals surface area contributed by atoms with Gasteiger partial charge in [-0.25, -0.2) is 0 Å². The van der Waals surface area contributed by atoms with Crippen molar-refractivity contribution in [1.82, 2.24) is 5.32 Å². The van der Waals surface area contributed by atoms with E-state index in [1.54, 1.807) is 0 Å². The van der Waals surface area contributed by atoms with Crippen LogP contribution in [0, 0.1) is 19.3 Å². The molecule has 3 N–H and O–H groups in total. The minimum Gasteiger partial charge on any atom is -0.491 e. The number of aliphatic hydroxyl groups excluding tert-OH is 1. The number of carboxylic acid groups (broad SMARTS) is 1. The fourth-order valence-corrected chi connectivity index (χ4v) is 5.37. The number of aliphatic carboxylic acids is 1. The van der Waals surface area contributed by atoms with Crippen molar-refractivity contribution >= 4 is 23.2 Å². The fraction of sp³-hybridized carbons (Fsp3) is 0.586. The second-order valence-corrected chi connectivity index (χ2v) is 11.2. The first kappa shape index (κ1) is 31.6. The summed E-state index contributed by atoms with van der Waals surface area (Å²) in [5.41, 5.74) is 2.45. The van der Waals surface area contributed by atoms with E-state index in [0.717, 1.165) is 40.2 Å². The zero-order valence-corrected chi connectivity index (χ0v) is 24.4. The van der Waals surface area contributed by atoms with Crippen LogP contribution in [-0.2, 0) is 10.2 Å². The van der Waals surface area contributed by atoms with Gasteiger partial charge in [-0.15, -0.1) is 11.3 Å². The van der Waals surface area contributed by atoms with Crippen LogP contribution < -0.4 is 10.1 Å². The highest BCUT2D eigenvalue weighted by molar-refractivity contribution is 7.14. The van der Waals surface area contributed by atoms with Gasteiger partial charge in [-0.3, -0.25) is 9.59 Å². The molecule has 1 aromatic heterocycles. The van der Waals surface area contributed by atoms with Crippen molar-refractivity contribution in [2.24, 2.45) is 5.41 Å². The van der Waals surface area contributed by atoms with E-state index in [-0.39, 0.29) is 23.3 Å². The Hall–Kier alpha value is -2.38. The SMILES string of the molecule is CC.CCC(CC)(c1ccc(OCC(O)C(C)(C)C)c(C)c1)c1cc(C)c(C(=O)NC(C)C(=O)O)s1. The maximum atomic E-state index is 12.7. The number of ether oxygens (including phenoxy) is 1. The topological polar surface area (TPSA) is 95.9 Å². The lowest BCUT2D eigenvalue weighted by atomic mass is 9.74. The van der Waals surface area contributed by atoms with Crippen LogP contribution in [0.2, 0.25) is 0 Å². The molecule has 0 fully saturated rings. The molecule has 0 radical (unpaired) electrons. The lowest BCUT2D eigenvalue weighted by Gasteiger charge is -2.32. The normalized spacial score (nSPS) is 13.3. The van der Waals surface area contributed by atoms with E-state index in [1.165, 1.54) is 18.3 Å². The van der Waals surface area contributed by atoms with Gasteiger partial charge in [0.1, 0.15) is 18.4 Å². The Balaban J connectivity index is 0.00000316. The van der Waals surface area contributed by atoms with Gasteiger partial charge in [-0.1, -0.05) is 60.6 Å². The van der Waals surface area contributed by atoms with E-state index in [9.17, 15) is 14.7 Å². The van der Waals surface area contributed by atoms with Crippen LogP contribution in [0.25, 0.3) is 0 Å². The molecule has 1 aromatic carbocycles. The van der Waals surface area contributed by atoms with Crippen molar-refractivity contribution in [2.45, 2.75) is 99.6 Å². The zero-order valence-electron chi connectivity index (χ0n) is 23.6. The third-order valence-electron chi connectivity index (χ3n) is 6.64. The first-order valence-electron chi connectivity index (χ1n) is 12.8. The number of hydrogen-bond acceptors (Lipinski definition) is 5. The predicted octanol–water partition coefficient (Wildman–Crippen LogP) is 6.49. The molecule has 0 aliphatic carbocycles. The maximum absolute atomic E-state index is 12.7. The van der Waals surface area contributed by atoms with Crippen LogP contribution in [-0.4, -0.2) is 40.8 Å². The smallest absolute Gasteiger partial charge is 0.325 e. The van der Waals surface area contributed by atoms with Gasteiger partial charge >= 0.3 is 5.97 Å². The van der Waals surface area contributed by atoms with Crippen LogP contribution in [0.1, 0.15) is 99.5 Å². The average molecular weight is 520 g/mol. The number of aliphatic hydroxyl groups is 1. The van der Waals surface area contributed by atoms with Gasteiger partial charge in [-0.05, 0) is 67.9 Å². The van der Waals surface area contributed by atoms with Gasteiger partial charge in [0.15, 0.2) is 0 Å². The number of carbonyl (C=O) groups excluding carboxylic acids is 1. The molecule has 0 aliphatic heterocycles. The van der Waals surface area contributed by atoms with E-state index in [1.807, 2.05) is 54.5 Å². The van der Waals surface area contributed by atoms with E-state index in [2.05, 4.69) is 37.4 Å². The van der Waals surface area contributed by atoms with Crippen molar-refractivity contribution in [1.29, 1.82) is 0 Å². The molecule has 0 saturated carbocycles. The molecule has 2 aromatic rings. The number of benzene rings is 1. The molecule has 7 heteroatoms. The van der Waals surface area contributed by atoms with E-state index in [0.29, 0.717) is 4.88 Å². The quantitative estimate of drug-likeness (QED) is 0.334. The summed E-state index contributed by atoms with van der Waals surface area (Å²) in [7, 11) is 0. The van der Waals surface area contributed by atoms with Crippen molar-refractivity contribution in [3.63, 3.8) is 0 Å². The molecular weight excluding hydrogens is 474 g/mol. The van der Waals surface area contributed by atoms with Gasteiger partial charge in [0.05, 0.1) is 11.0 Å². The van der Waals surface area contributed by atoms with Gasteiger partial charge in [0.2, 0.25) is 0 Å². The highest BCUT2D eigenvalue weighted by Gasteiger charge is 2.34. The molecule has 0 spiro atoms. The standard InChI is InChI=1S/C27H39NO5S.C2H6/c1-9-27(10-2,22-14-17(4)23(34-22)24(30)28-18(5)25(31)32)19-11-12-20(16(3)13-19)33-15-21(29)26(6,7)8;1-2/h11-14,18,21,29H,9-10,15H2,1-8H3,(H,28,30)(H,31,32);1-2H3. The highest BCUT2D eigenvalue weighted by atomic mass is 32.1. The minimum absolute atomic E-state index is 0.230. The lowest BCUT2D eigenvalue weighted by Crippen LogP contribution is -2.38. The van der Waals surface area contributed by atoms with Crippen LogP contribution in [0.3, 0.4) is 0 Å². The molecule has 2 unspecified atom stereocenters. The molecule has 202 valence electrons. The number of amides is 1. The van der Waals surface area contributed by atoms with E-state index < -0.39 is 18.1 Å². The molecule has 2 rings (SSSR count). The van der Waals surface area contributed by atoms with Gasteiger partial charge < -0.3 is 20.3 Å². The molecular formula is C29H45NO5S. The Labute approximate surface area is 221 Å². The van der Waals surface area contributed by atoms with Gasteiger partial charge in [0, 0.05) is 10.3 Å². The zero-order chi connectivity index (χ0) is 27.8. The monoisotopic (exact) mass is 519 g/mol. The molecule has 1 heterocycles. The van der Waals surface area contributed by atoms with Crippen molar-refractivity contribution < 1.29 is 24.5 Å². The van der Waals surface area contributed by atoms with Gasteiger partial charge in [-0.2, -0.15) is 0 Å². The summed E-state index contributed by atoms with van der Waals surface area (Å²) in [5.74, 6) is -0.674. The van der Waals surface area contributed by atoms with Crippen molar-refractivity contribution in [3.05, 3.63) is 50.7 Å². The third-order valence-corrected chi connectivity index (χ3v) is 8.08. The predicted molar refractivity (Wildman–Crippen MR) is 148 cm³/mol. The number of nitrogens with one attached hydrogen (secondary N) is 1. The number of carboxylic acids is 1. The summed E-state index contributed by atoms with van der Waals surface area (Å²) >= 11 is 1.43. The summed E-state index contributed by atoms with van der Waals surface area (Å²) in [4.78, 5) is 25.5. The summed E-state index contributed by atoms with van der Waals surface area (Å²) in [6.07, 6.45) is 1.12. The number of thiophene rings is 1. The Kier molecular flexibility index (Phi) is 11.6. The summed E-state index contributed by atoms with van der Waals surface area (Å²) in [6.45, 7) is 19.8. The van der Waals surface area contributed by atoms with E-state index >= 15 is 0 Å². The Bertz CT molecular complexity index is 1020. The van der Waals surface area contributed by atoms with E-state index in [4.69, 9.17) is 9.84 Å². The number of aryl methyl sites for hydroxylation is 2. The Morgan fingerprint density at radius 2 is 1.64 bits per heavy atom. The molecule has 2 atom stereocenters. The molecule has 0 saturated heterocycles. The first-order valence-corrected chi connectivity index (χ1v) is 13.6. The molecule has 0 aliphatic rings. The Morgan fingerprint density at radius 3 is 2.11 bits per heavy atom. The number of rotatable bonds is 10. The Morgan fingerprint density at radius 1 is 1.06 bits per heavy atom. The van der Waals surface area contributed by atoms with Crippen LogP contribution in [0.4, 0.5) is 0 Å². The summed E-state index contributed by atoms with van der Waals surface area (Å²) in [6, 6.07) is 7.26. The van der Waals surface area contributed by atoms with Gasteiger partial charge in [0.25, 0.3) is 5.91 Å². The minimum atomic E-state index is -1.06. The molecule has 36 heavy (non-hydrogen) atoms. The van der Waals surface area contributed by atoms with Crippen molar-refractivity contribution in [3.8, 4) is 5.75 Å². The molecule has 0 bridgehead atoms. The molecule has 1 amide bonds. The number of carbonyl (C=O) groups is 2. The summed E-state index contributed by atoms with van der Waals surface area (Å²) in [5, 5.41) is 22.0. The first-order chi connectivity index (χ1) is 16.8. The van der Waals surface area contributed by atoms with Crippen molar-refractivity contribution in [2.75, 3.05) is 6.61 Å². The van der Waals surface area contributed by atoms with Crippen LogP contribution in [0.5, 0.6) is 5.75 Å². The van der Waals surface area contributed by atoms with Crippen LogP contribution >= 0.6 is 11.3 Å². The summed E-state index contributed by atoms with van der Waals surface area (Å²) < 4.78 is 5.93. The second kappa shape index (κ2) is 13.2. The highest BCUT2D eigenvalue weighted by Crippen LogP contribution is 2.44. The second-order valence-electron chi connectivity index (χ2n) is 10.1. The number of hydrogen-bond donors (Lipinski definition) is 3. The third kappa shape index (κ3) is 7.32.